The third kappa shape index (κ3) is 2.98. The van der Waals surface area contributed by atoms with Crippen LogP contribution in [0.4, 0.5) is 18.9 Å². The summed E-state index contributed by atoms with van der Waals surface area (Å²) < 4.78 is 41.2. The van der Waals surface area contributed by atoms with Crippen molar-refractivity contribution in [3.05, 3.63) is 45.5 Å². The predicted octanol–water partition coefficient (Wildman–Crippen LogP) is 1.41. The standard InChI is InChI=1S/C16H15F3N6O2/c1-8-6-24(7-10(8)16(17,18)19)12-4-11(23-25-3-2-20-13(12)25)9-5-21-15(27)22-14(9)26/h2-5,8,10H,6-7H2,1H3,(H2,21,22,26,27)/t8-,10-/m1/s1. The fraction of sp³-hybridized carbons (Fsp3) is 0.375. The molecule has 0 saturated carbocycles. The normalized spacial score (nSPS) is 20.5. The van der Waals surface area contributed by atoms with Gasteiger partial charge in [0.05, 0.1) is 17.2 Å². The smallest absolute Gasteiger partial charge is 0.368 e. The summed E-state index contributed by atoms with van der Waals surface area (Å²) >= 11 is 0. The minimum absolute atomic E-state index is 0.103. The number of hydrogen-bond acceptors (Lipinski definition) is 5. The number of rotatable bonds is 2. The number of hydrogen-bond donors (Lipinski definition) is 2. The van der Waals surface area contributed by atoms with Crippen LogP contribution in [-0.2, 0) is 0 Å². The van der Waals surface area contributed by atoms with Crippen LogP contribution in [0.1, 0.15) is 6.92 Å². The number of nitrogens with one attached hydrogen (secondary N) is 2. The van der Waals surface area contributed by atoms with E-state index in [0.717, 1.165) is 0 Å². The number of anilines is 1. The van der Waals surface area contributed by atoms with Crippen molar-refractivity contribution in [3.63, 3.8) is 0 Å². The second kappa shape index (κ2) is 5.96. The van der Waals surface area contributed by atoms with Gasteiger partial charge in [0.15, 0.2) is 5.65 Å². The van der Waals surface area contributed by atoms with Crippen molar-refractivity contribution in [1.29, 1.82) is 0 Å². The lowest BCUT2D eigenvalue weighted by Crippen LogP contribution is -2.29. The van der Waals surface area contributed by atoms with Crippen LogP contribution in [0.15, 0.2) is 34.2 Å². The van der Waals surface area contributed by atoms with Crippen LogP contribution in [0.2, 0.25) is 0 Å². The molecule has 1 fully saturated rings. The third-order valence-corrected chi connectivity index (χ3v) is 4.81. The van der Waals surface area contributed by atoms with Gasteiger partial charge in [-0.2, -0.15) is 18.3 Å². The Labute approximate surface area is 149 Å². The number of H-pyrrole nitrogens is 2. The molecule has 3 aromatic rings. The summed E-state index contributed by atoms with van der Waals surface area (Å²) in [5, 5.41) is 4.28. The maximum absolute atomic E-state index is 13.3. The van der Waals surface area contributed by atoms with Crippen molar-refractivity contribution in [3.8, 4) is 11.3 Å². The number of aromatic amines is 2. The Bertz CT molecular complexity index is 1120. The fourth-order valence-electron chi connectivity index (χ4n) is 3.45. The van der Waals surface area contributed by atoms with Gasteiger partial charge in [0.1, 0.15) is 5.69 Å². The molecule has 2 N–H and O–H groups in total. The Morgan fingerprint density at radius 1 is 1.26 bits per heavy atom. The molecular formula is C16H15F3N6O2. The van der Waals surface area contributed by atoms with E-state index in [0.29, 0.717) is 11.3 Å². The lowest BCUT2D eigenvalue weighted by atomic mass is 9.98. The molecule has 0 spiro atoms. The van der Waals surface area contributed by atoms with Crippen molar-refractivity contribution < 1.29 is 13.2 Å². The van der Waals surface area contributed by atoms with E-state index in [-0.39, 0.29) is 24.3 Å². The second-order valence-corrected chi connectivity index (χ2v) is 6.63. The highest BCUT2D eigenvalue weighted by atomic mass is 19.4. The van der Waals surface area contributed by atoms with Gasteiger partial charge in [-0.25, -0.2) is 14.3 Å². The van der Waals surface area contributed by atoms with E-state index in [2.05, 4.69) is 20.1 Å². The van der Waals surface area contributed by atoms with E-state index in [1.807, 2.05) is 0 Å². The number of nitrogens with zero attached hydrogens (tertiary/aromatic N) is 4. The molecule has 142 valence electrons. The molecular weight excluding hydrogens is 365 g/mol. The molecule has 1 aliphatic rings. The van der Waals surface area contributed by atoms with Gasteiger partial charge < -0.3 is 9.88 Å². The topological polar surface area (TPSA) is 99.2 Å². The van der Waals surface area contributed by atoms with Gasteiger partial charge in [0.25, 0.3) is 5.56 Å². The van der Waals surface area contributed by atoms with E-state index in [1.165, 1.54) is 23.0 Å². The average Bonchev–Trinajstić information content (AvgIpc) is 3.19. The summed E-state index contributed by atoms with van der Waals surface area (Å²) in [7, 11) is 0. The van der Waals surface area contributed by atoms with E-state index in [9.17, 15) is 22.8 Å². The summed E-state index contributed by atoms with van der Waals surface area (Å²) in [6.07, 6.45) is -0.0383. The monoisotopic (exact) mass is 380 g/mol. The lowest BCUT2D eigenvalue weighted by molar-refractivity contribution is -0.177. The second-order valence-electron chi connectivity index (χ2n) is 6.63. The summed E-state index contributed by atoms with van der Waals surface area (Å²) in [4.78, 5) is 33.6. The van der Waals surface area contributed by atoms with Gasteiger partial charge in [0.2, 0.25) is 0 Å². The Kier molecular flexibility index (Phi) is 3.82. The van der Waals surface area contributed by atoms with Gasteiger partial charge >= 0.3 is 11.9 Å². The highest BCUT2D eigenvalue weighted by Crippen LogP contribution is 2.40. The number of halogens is 3. The molecule has 3 aromatic heterocycles. The van der Waals surface area contributed by atoms with Gasteiger partial charge in [-0.15, -0.1) is 0 Å². The summed E-state index contributed by atoms with van der Waals surface area (Å²) in [6.45, 7) is 1.58. The van der Waals surface area contributed by atoms with Crippen molar-refractivity contribution >= 4 is 11.3 Å². The molecule has 0 radical (unpaired) electrons. The molecule has 11 heteroatoms. The molecule has 4 heterocycles. The van der Waals surface area contributed by atoms with Crippen molar-refractivity contribution in [2.24, 2.45) is 11.8 Å². The van der Waals surface area contributed by atoms with Gasteiger partial charge in [-0.05, 0) is 12.0 Å². The summed E-state index contributed by atoms with van der Waals surface area (Å²) in [5.41, 5.74) is -0.125. The van der Waals surface area contributed by atoms with Crippen LogP contribution in [-0.4, -0.2) is 43.8 Å². The average molecular weight is 380 g/mol. The third-order valence-electron chi connectivity index (χ3n) is 4.81. The van der Waals surface area contributed by atoms with Crippen LogP contribution in [0.3, 0.4) is 0 Å². The van der Waals surface area contributed by atoms with Crippen molar-refractivity contribution in [1.82, 2.24) is 24.6 Å². The zero-order valence-corrected chi connectivity index (χ0v) is 14.1. The van der Waals surface area contributed by atoms with Crippen LogP contribution in [0.25, 0.3) is 16.9 Å². The molecule has 0 unspecified atom stereocenters. The van der Waals surface area contributed by atoms with Crippen molar-refractivity contribution in [2.75, 3.05) is 18.0 Å². The maximum atomic E-state index is 13.3. The minimum Gasteiger partial charge on any atom is -0.368 e. The number of imidazole rings is 1. The van der Waals surface area contributed by atoms with Crippen LogP contribution in [0.5, 0.6) is 0 Å². The highest BCUT2D eigenvalue weighted by molar-refractivity contribution is 5.74. The quantitative estimate of drug-likeness (QED) is 0.700. The molecule has 0 amide bonds. The van der Waals surface area contributed by atoms with E-state index < -0.39 is 29.3 Å². The SMILES string of the molecule is C[C@@H]1CN(c2cc(-c3c[nH]c(=O)[nH]c3=O)nn3ccnc23)C[C@H]1C(F)(F)F. The molecule has 0 aliphatic carbocycles. The predicted molar refractivity (Wildman–Crippen MR) is 90.6 cm³/mol. The zero-order valence-electron chi connectivity index (χ0n) is 14.1. The first-order valence-electron chi connectivity index (χ1n) is 8.22. The van der Waals surface area contributed by atoms with Crippen LogP contribution >= 0.6 is 0 Å². The molecule has 1 saturated heterocycles. The van der Waals surface area contributed by atoms with Gasteiger partial charge in [0, 0.05) is 31.7 Å². The molecule has 1 aliphatic heterocycles. The first-order chi connectivity index (χ1) is 12.7. The molecule has 4 rings (SSSR count). The zero-order chi connectivity index (χ0) is 19.3. The summed E-state index contributed by atoms with van der Waals surface area (Å²) in [6, 6.07) is 1.52. The van der Waals surface area contributed by atoms with Gasteiger partial charge in [-0.1, -0.05) is 6.92 Å². The number of alkyl halides is 3. The first kappa shape index (κ1) is 17.3. The first-order valence-corrected chi connectivity index (χ1v) is 8.22. The molecule has 2 atom stereocenters. The minimum atomic E-state index is -4.29. The number of fused-ring (bicyclic) bond motifs is 1. The highest BCUT2D eigenvalue weighted by Gasteiger charge is 2.48. The van der Waals surface area contributed by atoms with E-state index >= 15 is 0 Å². The van der Waals surface area contributed by atoms with Crippen LogP contribution in [0, 0.1) is 11.8 Å². The Morgan fingerprint density at radius 3 is 2.70 bits per heavy atom. The van der Waals surface area contributed by atoms with Crippen molar-refractivity contribution in [2.45, 2.75) is 13.1 Å². The van der Waals surface area contributed by atoms with E-state index in [1.54, 1.807) is 18.0 Å². The number of aromatic nitrogens is 5. The molecule has 8 nitrogen and oxygen atoms in total. The van der Waals surface area contributed by atoms with E-state index in [4.69, 9.17) is 0 Å². The lowest BCUT2D eigenvalue weighted by Gasteiger charge is -2.20. The summed E-state index contributed by atoms with van der Waals surface area (Å²) in [5.74, 6) is -2.02. The van der Waals surface area contributed by atoms with Gasteiger partial charge in [-0.3, -0.25) is 9.78 Å². The molecule has 27 heavy (non-hydrogen) atoms. The maximum Gasteiger partial charge on any atom is 0.393 e. The van der Waals surface area contributed by atoms with Crippen LogP contribution < -0.4 is 16.1 Å². The Hall–Kier alpha value is -3.11. The molecule has 0 bridgehead atoms. The Balaban J connectivity index is 1.83. The molecule has 0 aromatic carbocycles. The largest absolute Gasteiger partial charge is 0.393 e. The fourth-order valence-corrected chi connectivity index (χ4v) is 3.45. The Morgan fingerprint density at radius 2 is 2.04 bits per heavy atom.